The third-order valence-electron chi connectivity index (χ3n) is 2.17. The van der Waals surface area contributed by atoms with Crippen molar-refractivity contribution in [2.45, 2.75) is 47.0 Å². The van der Waals surface area contributed by atoms with Crippen LogP contribution in [0.15, 0.2) is 36.4 Å². The van der Waals surface area contributed by atoms with Crippen molar-refractivity contribution in [1.82, 2.24) is 0 Å². The van der Waals surface area contributed by atoms with Crippen LogP contribution in [-0.2, 0) is 6.42 Å². The molecule has 0 radical (unpaired) electrons. The van der Waals surface area contributed by atoms with E-state index in [0.717, 1.165) is 6.42 Å². The second-order valence-corrected chi connectivity index (χ2v) is 3.99. The van der Waals surface area contributed by atoms with E-state index in [1.165, 1.54) is 16.7 Å². The summed E-state index contributed by atoms with van der Waals surface area (Å²) in [5.74, 6) is 0.607. The number of rotatable bonds is 3. The zero-order valence-electron chi connectivity index (χ0n) is 10.8. The quantitative estimate of drug-likeness (QED) is 0.611. The van der Waals surface area contributed by atoms with E-state index in [9.17, 15) is 0 Å². The molecule has 0 spiro atoms. The zero-order chi connectivity index (χ0) is 11.8. The summed E-state index contributed by atoms with van der Waals surface area (Å²) in [4.78, 5) is 0. The third-order valence-corrected chi connectivity index (χ3v) is 2.17. The number of hydrogen-bond acceptors (Lipinski definition) is 0. The van der Waals surface area contributed by atoms with Crippen LogP contribution in [0.5, 0.6) is 0 Å². The van der Waals surface area contributed by atoms with Crippen LogP contribution in [0, 0.1) is 0 Å². The lowest BCUT2D eigenvalue weighted by Crippen LogP contribution is -1.96. The van der Waals surface area contributed by atoms with Crippen LogP contribution in [-0.4, -0.2) is 0 Å². The molecule has 1 aromatic rings. The highest BCUT2D eigenvalue weighted by molar-refractivity contribution is 5.32. The molecule has 0 amide bonds. The number of benzene rings is 1. The summed E-state index contributed by atoms with van der Waals surface area (Å²) in [7, 11) is 0. The second kappa shape index (κ2) is 7.28. The summed E-state index contributed by atoms with van der Waals surface area (Å²) in [5.41, 5.74) is 4.10. The molecule has 0 heterocycles. The van der Waals surface area contributed by atoms with E-state index in [2.05, 4.69) is 51.6 Å². The van der Waals surface area contributed by atoms with Crippen molar-refractivity contribution in [3.05, 3.63) is 47.5 Å². The Balaban J connectivity index is 0.000000921. The first-order chi connectivity index (χ1) is 7.11. The smallest absolute Gasteiger partial charge is 0.00697 e. The molecule has 0 aliphatic heterocycles. The topological polar surface area (TPSA) is 0 Å². The SMILES string of the molecule is C=C(C)Cc1ccccc1C(C)C.CC. The molecule has 0 nitrogen and oxygen atoms in total. The van der Waals surface area contributed by atoms with Gasteiger partial charge in [-0.3, -0.25) is 0 Å². The molecule has 15 heavy (non-hydrogen) atoms. The van der Waals surface area contributed by atoms with Crippen molar-refractivity contribution < 1.29 is 0 Å². The van der Waals surface area contributed by atoms with Crippen LogP contribution < -0.4 is 0 Å². The van der Waals surface area contributed by atoms with Crippen molar-refractivity contribution in [2.75, 3.05) is 0 Å². The maximum absolute atomic E-state index is 3.95. The Bertz CT molecular complexity index is 295. The van der Waals surface area contributed by atoms with Crippen LogP contribution in [0.3, 0.4) is 0 Å². The molecule has 1 aromatic carbocycles. The Kier molecular flexibility index (Phi) is 6.77. The van der Waals surface area contributed by atoms with E-state index in [4.69, 9.17) is 0 Å². The first-order valence-electron chi connectivity index (χ1n) is 5.83. The van der Waals surface area contributed by atoms with Crippen molar-refractivity contribution >= 4 is 0 Å². The van der Waals surface area contributed by atoms with Gasteiger partial charge >= 0.3 is 0 Å². The minimum absolute atomic E-state index is 0.607. The molecule has 0 bridgehead atoms. The highest BCUT2D eigenvalue weighted by atomic mass is 14.1. The van der Waals surface area contributed by atoms with Gasteiger partial charge in [0, 0.05) is 0 Å². The van der Waals surface area contributed by atoms with Crippen LogP contribution in [0.4, 0.5) is 0 Å². The molecule has 1 rings (SSSR count). The van der Waals surface area contributed by atoms with Gasteiger partial charge in [-0.05, 0) is 30.4 Å². The molecule has 0 fully saturated rings. The fourth-order valence-corrected chi connectivity index (χ4v) is 1.58. The molecule has 0 N–H and O–H groups in total. The van der Waals surface area contributed by atoms with Gasteiger partial charge < -0.3 is 0 Å². The highest BCUT2D eigenvalue weighted by Crippen LogP contribution is 2.20. The van der Waals surface area contributed by atoms with Crippen LogP contribution in [0.1, 0.15) is 51.7 Å². The Morgan fingerprint density at radius 1 is 1.20 bits per heavy atom. The van der Waals surface area contributed by atoms with Gasteiger partial charge in [0.15, 0.2) is 0 Å². The van der Waals surface area contributed by atoms with Crippen molar-refractivity contribution in [3.8, 4) is 0 Å². The molecular weight excluding hydrogens is 180 g/mol. The van der Waals surface area contributed by atoms with Crippen molar-refractivity contribution in [1.29, 1.82) is 0 Å². The molecule has 84 valence electrons. The minimum atomic E-state index is 0.607. The molecule has 0 atom stereocenters. The van der Waals surface area contributed by atoms with Gasteiger partial charge in [-0.2, -0.15) is 0 Å². The van der Waals surface area contributed by atoms with E-state index in [1.807, 2.05) is 13.8 Å². The average molecular weight is 204 g/mol. The normalized spacial score (nSPS) is 9.47. The minimum Gasteiger partial charge on any atom is -0.0998 e. The summed E-state index contributed by atoms with van der Waals surface area (Å²) >= 11 is 0. The molecular formula is C15H24. The summed E-state index contributed by atoms with van der Waals surface area (Å²) in [6, 6.07) is 8.62. The van der Waals surface area contributed by atoms with Crippen molar-refractivity contribution in [2.24, 2.45) is 0 Å². The molecule has 0 saturated heterocycles. The van der Waals surface area contributed by atoms with E-state index < -0.39 is 0 Å². The fourth-order valence-electron chi connectivity index (χ4n) is 1.58. The van der Waals surface area contributed by atoms with Crippen molar-refractivity contribution in [3.63, 3.8) is 0 Å². The Morgan fingerprint density at radius 2 is 1.73 bits per heavy atom. The number of allylic oxidation sites excluding steroid dienone is 1. The van der Waals surface area contributed by atoms with Gasteiger partial charge in [0.05, 0.1) is 0 Å². The lowest BCUT2D eigenvalue weighted by atomic mass is 9.94. The lowest BCUT2D eigenvalue weighted by Gasteiger charge is -2.12. The summed E-state index contributed by atoms with van der Waals surface area (Å²) in [5, 5.41) is 0. The Hall–Kier alpha value is -1.04. The molecule has 0 unspecified atom stereocenters. The first kappa shape index (κ1) is 14.0. The summed E-state index contributed by atoms with van der Waals surface area (Å²) in [6.45, 7) is 14.5. The van der Waals surface area contributed by atoms with E-state index in [-0.39, 0.29) is 0 Å². The van der Waals surface area contributed by atoms with E-state index >= 15 is 0 Å². The zero-order valence-corrected chi connectivity index (χ0v) is 10.8. The largest absolute Gasteiger partial charge is 0.0998 e. The van der Waals surface area contributed by atoms with Gasteiger partial charge in [0.2, 0.25) is 0 Å². The standard InChI is InChI=1S/C13H18.C2H6/c1-10(2)9-12-7-5-6-8-13(12)11(3)4;1-2/h5-8,11H,1,9H2,2-4H3;1-2H3. The summed E-state index contributed by atoms with van der Waals surface area (Å²) < 4.78 is 0. The lowest BCUT2D eigenvalue weighted by molar-refractivity contribution is 0.847. The maximum atomic E-state index is 3.95. The molecule has 0 aromatic heterocycles. The van der Waals surface area contributed by atoms with Gasteiger partial charge in [0.25, 0.3) is 0 Å². The van der Waals surface area contributed by atoms with E-state index in [0.29, 0.717) is 5.92 Å². The van der Waals surface area contributed by atoms with Crippen LogP contribution in [0.2, 0.25) is 0 Å². The molecule has 0 heteroatoms. The number of hydrogen-bond donors (Lipinski definition) is 0. The fraction of sp³-hybridized carbons (Fsp3) is 0.467. The van der Waals surface area contributed by atoms with E-state index in [1.54, 1.807) is 0 Å². The summed E-state index contributed by atoms with van der Waals surface area (Å²) in [6.07, 6.45) is 1.01. The predicted molar refractivity (Wildman–Crippen MR) is 70.4 cm³/mol. The van der Waals surface area contributed by atoms with Gasteiger partial charge in [-0.15, -0.1) is 0 Å². The highest BCUT2D eigenvalue weighted by Gasteiger charge is 2.04. The van der Waals surface area contributed by atoms with Crippen LogP contribution >= 0.6 is 0 Å². The maximum Gasteiger partial charge on any atom is -0.00697 e. The average Bonchev–Trinajstić information content (AvgIpc) is 2.20. The van der Waals surface area contributed by atoms with Gasteiger partial charge in [-0.25, -0.2) is 0 Å². The molecule has 0 aliphatic rings. The van der Waals surface area contributed by atoms with Gasteiger partial charge in [0.1, 0.15) is 0 Å². The second-order valence-electron chi connectivity index (χ2n) is 3.99. The van der Waals surface area contributed by atoms with Gasteiger partial charge in [-0.1, -0.05) is 64.1 Å². The molecule has 0 saturated carbocycles. The predicted octanol–water partition coefficient (Wildman–Crippen LogP) is 4.95. The molecule has 0 aliphatic carbocycles. The van der Waals surface area contributed by atoms with Crippen LogP contribution in [0.25, 0.3) is 0 Å². The monoisotopic (exact) mass is 204 g/mol. The Morgan fingerprint density at radius 3 is 2.20 bits per heavy atom. The first-order valence-corrected chi connectivity index (χ1v) is 5.83. The third kappa shape index (κ3) is 4.83. The Labute approximate surface area is 95.0 Å².